The number of aliphatic hydroxyl groups is 1. The SMILES string of the molecule is CC(N)C(=O)NC1(CO)CCCC1. The summed E-state index contributed by atoms with van der Waals surface area (Å²) >= 11 is 0. The number of amides is 1. The van der Waals surface area contributed by atoms with Gasteiger partial charge in [-0.25, -0.2) is 0 Å². The lowest BCUT2D eigenvalue weighted by molar-refractivity contribution is -0.124. The number of hydrogen-bond donors (Lipinski definition) is 3. The van der Waals surface area contributed by atoms with Crippen LogP contribution in [0.1, 0.15) is 32.6 Å². The maximum absolute atomic E-state index is 11.3. The first kappa shape index (κ1) is 10.5. The third kappa shape index (κ3) is 2.42. The molecule has 0 bridgehead atoms. The van der Waals surface area contributed by atoms with E-state index >= 15 is 0 Å². The Kier molecular flexibility index (Phi) is 3.27. The van der Waals surface area contributed by atoms with Gasteiger partial charge in [0, 0.05) is 0 Å². The minimum absolute atomic E-state index is 0.0193. The Balaban J connectivity index is 2.53. The highest BCUT2D eigenvalue weighted by Crippen LogP contribution is 2.28. The highest BCUT2D eigenvalue weighted by molar-refractivity contribution is 5.81. The molecule has 1 saturated carbocycles. The van der Waals surface area contributed by atoms with Crippen LogP contribution in [0.2, 0.25) is 0 Å². The molecule has 0 spiro atoms. The van der Waals surface area contributed by atoms with Crippen molar-refractivity contribution in [3.63, 3.8) is 0 Å². The number of carbonyl (C=O) groups is 1. The van der Waals surface area contributed by atoms with Crippen molar-refractivity contribution in [2.45, 2.75) is 44.2 Å². The highest BCUT2D eigenvalue weighted by atomic mass is 16.3. The molecule has 0 radical (unpaired) electrons. The average Bonchev–Trinajstić information content (AvgIpc) is 2.54. The molecule has 1 aliphatic rings. The Labute approximate surface area is 78.5 Å². The lowest BCUT2D eigenvalue weighted by Gasteiger charge is -2.28. The number of carbonyl (C=O) groups excluding carboxylic acids is 1. The zero-order chi connectivity index (χ0) is 9.90. The van der Waals surface area contributed by atoms with Gasteiger partial charge in [-0.05, 0) is 19.8 Å². The predicted molar refractivity (Wildman–Crippen MR) is 50.1 cm³/mol. The summed E-state index contributed by atoms with van der Waals surface area (Å²) in [5.41, 5.74) is 5.05. The van der Waals surface area contributed by atoms with Crippen molar-refractivity contribution in [2.75, 3.05) is 6.61 Å². The first-order chi connectivity index (χ1) is 6.09. The van der Waals surface area contributed by atoms with Crippen LogP contribution in [0.25, 0.3) is 0 Å². The Morgan fingerprint density at radius 3 is 2.54 bits per heavy atom. The van der Waals surface area contributed by atoms with Gasteiger partial charge in [-0.2, -0.15) is 0 Å². The Morgan fingerprint density at radius 2 is 2.15 bits per heavy atom. The third-order valence-corrected chi connectivity index (χ3v) is 2.67. The van der Waals surface area contributed by atoms with Gasteiger partial charge in [-0.3, -0.25) is 4.79 Å². The van der Waals surface area contributed by atoms with E-state index in [2.05, 4.69) is 5.32 Å². The van der Waals surface area contributed by atoms with Crippen LogP contribution in [0.5, 0.6) is 0 Å². The monoisotopic (exact) mass is 186 g/mol. The van der Waals surface area contributed by atoms with Crippen LogP contribution in [-0.2, 0) is 4.79 Å². The van der Waals surface area contributed by atoms with Crippen molar-refractivity contribution >= 4 is 5.91 Å². The molecule has 0 heterocycles. The number of hydrogen-bond acceptors (Lipinski definition) is 3. The normalized spacial score (nSPS) is 22.7. The zero-order valence-electron chi connectivity index (χ0n) is 8.05. The number of aliphatic hydroxyl groups excluding tert-OH is 1. The average molecular weight is 186 g/mol. The van der Waals surface area contributed by atoms with Crippen LogP contribution >= 0.6 is 0 Å². The molecular formula is C9H18N2O2. The van der Waals surface area contributed by atoms with Gasteiger partial charge in [0.05, 0.1) is 18.2 Å². The van der Waals surface area contributed by atoms with Crippen molar-refractivity contribution in [3.8, 4) is 0 Å². The van der Waals surface area contributed by atoms with Gasteiger partial charge in [0.15, 0.2) is 0 Å². The molecule has 0 aliphatic heterocycles. The maximum atomic E-state index is 11.3. The van der Waals surface area contributed by atoms with Crippen molar-refractivity contribution in [1.82, 2.24) is 5.32 Å². The van der Waals surface area contributed by atoms with Gasteiger partial charge in [0.2, 0.25) is 5.91 Å². The topological polar surface area (TPSA) is 75.4 Å². The second kappa shape index (κ2) is 4.07. The second-order valence-electron chi connectivity index (χ2n) is 3.92. The number of rotatable bonds is 3. The molecule has 1 fully saturated rings. The molecule has 0 saturated heterocycles. The molecule has 4 N–H and O–H groups in total. The molecule has 13 heavy (non-hydrogen) atoms. The first-order valence-electron chi connectivity index (χ1n) is 4.78. The standard InChI is InChI=1S/C9H18N2O2/c1-7(10)8(13)11-9(6-12)4-2-3-5-9/h7,12H,2-6,10H2,1H3,(H,11,13). The van der Waals surface area contributed by atoms with E-state index in [0.29, 0.717) is 0 Å². The Hall–Kier alpha value is -0.610. The Morgan fingerprint density at radius 1 is 1.62 bits per heavy atom. The molecule has 1 atom stereocenters. The van der Waals surface area contributed by atoms with Crippen LogP contribution in [0, 0.1) is 0 Å². The van der Waals surface area contributed by atoms with Crippen molar-refractivity contribution < 1.29 is 9.90 Å². The molecule has 0 aromatic rings. The van der Waals surface area contributed by atoms with E-state index in [1.165, 1.54) is 0 Å². The van der Waals surface area contributed by atoms with Crippen molar-refractivity contribution in [2.24, 2.45) is 5.73 Å². The zero-order valence-corrected chi connectivity index (χ0v) is 8.05. The van der Waals surface area contributed by atoms with Gasteiger partial charge < -0.3 is 16.2 Å². The minimum Gasteiger partial charge on any atom is -0.394 e. The summed E-state index contributed by atoms with van der Waals surface area (Å²) in [6, 6.07) is -0.496. The summed E-state index contributed by atoms with van der Waals surface area (Å²) < 4.78 is 0. The predicted octanol–water partition coefficient (Wildman–Crippen LogP) is -0.245. The summed E-state index contributed by atoms with van der Waals surface area (Å²) in [6.45, 7) is 1.67. The van der Waals surface area contributed by atoms with E-state index in [1.807, 2.05) is 0 Å². The number of nitrogens with one attached hydrogen (secondary N) is 1. The fourth-order valence-corrected chi connectivity index (χ4v) is 1.75. The molecule has 1 amide bonds. The summed E-state index contributed by atoms with van der Waals surface area (Å²) in [7, 11) is 0. The quantitative estimate of drug-likeness (QED) is 0.569. The second-order valence-corrected chi connectivity index (χ2v) is 3.92. The summed E-state index contributed by atoms with van der Waals surface area (Å²) in [5.74, 6) is -0.170. The van der Waals surface area contributed by atoms with E-state index in [0.717, 1.165) is 25.7 Å². The molecule has 1 rings (SSSR count). The molecule has 1 unspecified atom stereocenters. The largest absolute Gasteiger partial charge is 0.394 e. The van der Waals surface area contributed by atoms with Crippen LogP contribution in [0.4, 0.5) is 0 Å². The van der Waals surface area contributed by atoms with Crippen LogP contribution in [0.15, 0.2) is 0 Å². The summed E-state index contributed by atoms with van der Waals surface area (Å²) in [5, 5.41) is 12.0. The maximum Gasteiger partial charge on any atom is 0.237 e. The fraction of sp³-hybridized carbons (Fsp3) is 0.889. The van der Waals surface area contributed by atoms with E-state index < -0.39 is 6.04 Å². The molecule has 4 heteroatoms. The van der Waals surface area contributed by atoms with E-state index in [-0.39, 0.29) is 18.1 Å². The van der Waals surface area contributed by atoms with Gasteiger partial charge in [0.1, 0.15) is 0 Å². The van der Waals surface area contributed by atoms with Gasteiger partial charge in [-0.15, -0.1) is 0 Å². The molecule has 0 aromatic heterocycles. The van der Waals surface area contributed by atoms with E-state index in [1.54, 1.807) is 6.92 Å². The van der Waals surface area contributed by atoms with Crippen LogP contribution in [0.3, 0.4) is 0 Å². The summed E-state index contributed by atoms with van der Waals surface area (Å²) in [4.78, 5) is 11.3. The van der Waals surface area contributed by atoms with Crippen LogP contribution < -0.4 is 11.1 Å². The number of nitrogens with two attached hydrogens (primary N) is 1. The molecule has 0 aromatic carbocycles. The highest BCUT2D eigenvalue weighted by Gasteiger charge is 2.34. The van der Waals surface area contributed by atoms with Gasteiger partial charge >= 0.3 is 0 Å². The molecule has 76 valence electrons. The molecular weight excluding hydrogens is 168 g/mol. The lowest BCUT2D eigenvalue weighted by atomic mass is 9.98. The minimum atomic E-state index is -0.496. The van der Waals surface area contributed by atoms with E-state index in [9.17, 15) is 9.90 Å². The smallest absolute Gasteiger partial charge is 0.237 e. The van der Waals surface area contributed by atoms with E-state index in [4.69, 9.17) is 5.73 Å². The first-order valence-corrected chi connectivity index (χ1v) is 4.78. The third-order valence-electron chi connectivity index (χ3n) is 2.67. The Bertz CT molecular complexity index is 186. The lowest BCUT2D eigenvalue weighted by Crippen LogP contribution is -2.53. The van der Waals surface area contributed by atoms with Crippen molar-refractivity contribution in [3.05, 3.63) is 0 Å². The fourth-order valence-electron chi connectivity index (χ4n) is 1.75. The summed E-state index contributed by atoms with van der Waals surface area (Å²) in [6.07, 6.45) is 3.86. The molecule has 4 nitrogen and oxygen atoms in total. The van der Waals surface area contributed by atoms with Gasteiger partial charge in [0.25, 0.3) is 0 Å². The van der Waals surface area contributed by atoms with Crippen molar-refractivity contribution in [1.29, 1.82) is 0 Å². The molecule has 1 aliphatic carbocycles. The van der Waals surface area contributed by atoms with Crippen LogP contribution in [-0.4, -0.2) is 29.2 Å². The van der Waals surface area contributed by atoms with Gasteiger partial charge in [-0.1, -0.05) is 12.8 Å².